The highest BCUT2D eigenvalue weighted by atomic mass is 35.5. The van der Waals surface area contributed by atoms with Gasteiger partial charge in [0, 0.05) is 88.0 Å². The lowest BCUT2D eigenvalue weighted by molar-refractivity contribution is -0.137. The van der Waals surface area contributed by atoms with Crippen molar-refractivity contribution in [3.05, 3.63) is 48.0 Å². The second-order valence-electron chi connectivity index (χ2n) is 10.6. The van der Waals surface area contributed by atoms with Gasteiger partial charge in [0.05, 0.1) is 28.5 Å². The normalized spacial score (nSPS) is 10.7. The van der Waals surface area contributed by atoms with Crippen LogP contribution in [-0.4, -0.2) is 79.9 Å². The van der Waals surface area contributed by atoms with E-state index in [9.17, 15) is 4.79 Å². The van der Waals surface area contributed by atoms with Gasteiger partial charge in [-0.3, -0.25) is 4.79 Å². The fourth-order valence-electron chi connectivity index (χ4n) is 5.22. The number of aliphatic carboxylic acids is 1. The molecule has 2 aromatic carbocycles. The van der Waals surface area contributed by atoms with E-state index in [4.69, 9.17) is 56.5 Å². The summed E-state index contributed by atoms with van der Waals surface area (Å²) in [6.45, 7) is 5.27. The Bertz CT molecular complexity index is 1460. The lowest BCUT2D eigenvalue weighted by atomic mass is 10.2. The first-order chi connectivity index (χ1) is 21.3. The van der Waals surface area contributed by atoms with Crippen molar-refractivity contribution in [3.8, 4) is 0 Å². The Morgan fingerprint density at radius 3 is 1.50 bits per heavy atom. The molecule has 0 aliphatic heterocycles. The Labute approximate surface area is 295 Å². The van der Waals surface area contributed by atoms with Gasteiger partial charge in [-0.05, 0) is 42.8 Å². The van der Waals surface area contributed by atoms with Gasteiger partial charge in [0.25, 0.3) is 0 Å². The van der Waals surface area contributed by atoms with Crippen LogP contribution in [0.4, 0.5) is 11.4 Å². The van der Waals surface area contributed by atoms with Crippen molar-refractivity contribution in [3.63, 3.8) is 0 Å². The van der Waals surface area contributed by atoms with E-state index in [1.165, 1.54) is 30.6 Å². The van der Waals surface area contributed by atoms with Gasteiger partial charge in [-0.2, -0.15) is 0 Å². The molecule has 0 saturated carbocycles. The van der Waals surface area contributed by atoms with Crippen LogP contribution in [0.25, 0.3) is 22.1 Å². The summed E-state index contributed by atoms with van der Waals surface area (Å²) in [7, 11) is 4.01. The summed E-state index contributed by atoms with van der Waals surface area (Å²) >= 11 is 23.5. The molecule has 0 unspecified atom stereocenters. The van der Waals surface area contributed by atoms with Gasteiger partial charge >= 0.3 is 5.97 Å². The van der Waals surface area contributed by atoms with Crippen molar-refractivity contribution in [2.24, 2.45) is 14.1 Å². The van der Waals surface area contributed by atoms with Crippen LogP contribution in [-0.2, 0) is 31.7 Å². The highest BCUT2D eigenvalue weighted by molar-refractivity contribution is 6.19. The Morgan fingerprint density at radius 2 is 1.13 bits per heavy atom. The lowest BCUT2D eigenvalue weighted by Gasteiger charge is -2.22. The maximum Gasteiger partial charge on any atom is 0.303 e. The molecule has 46 heavy (non-hydrogen) atoms. The minimum absolute atomic E-state index is 0. The number of imidazole rings is 2. The quantitative estimate of drug-likeness (QED) is 0.0870. The fourth-order valence-corrected chi connectivity index (χ4v) is 6.03. The molecular weight excluding hydrogens is 666 g/mol. The lowest BCUT2D eigenvalue weighted by Crippen LogP contribution is -2.27. The van der Waals surface area contributed by atoms with E-state index >= 15 is 0 Å². The first kappa shape index (κ1) is 41.6. The Balaban J connectivity index is 0.000000441. The fraction of sp³-hybridized carbons (Fsp3) is 0.559. The molecule has 0 bridgehead atoms. The third-order valence-corrected chi connectivity index (χ3v) is 8.30. The largest absolute Gasteiger partial charge is 0.481 e. The highest BCUT2D eigenvalue weighted by Gasteiger charge is 2.13. The topological polar surface area (TPSA) is 79.4 Å². The van der Waals surface area contributed by atoms with Crippen LogP contribution in [0, 0.1) is 0 Å². The predicted molar refractivity (Wildman–Crippen MR) is 201 cm³/mol. The molecule has 0 atom stereocenters. The molecule has 1 N–H and O–H groups in total. The molecular formula is C34H52Cl4N6O2. The maximum atomic E-state index is 10.7. The van der Waals surface area contributed by atoms with Crippen LogP contribution in [0.15, 0.2) is 36.4 Å². The van der Waals surface area contributed by atoms with E-state index in [0.29, 0.717) is 29.9 Å². The molecule has 8 nitrogen and oxygen atoms in total. The van der Waals surface area contributed by atoms with Crippen molar-refractivity contribution < 1.29 is 9.90 Å². The molecule has 0 spiro atoms. The number of fused-ring (bicyclic) bond motifs is 2. The molecule has 4 aromatic rings. The Morgan fingerprint density at radius 1 is 0.717 bits per heavy atom. The van der Waals surface area contributed by atoms with Crippen molar-refractivity contribution in [2.75, 3.05) is 59.5 Å². The van der Waals surface area contributed by atoms with Gasteiger partial charge in [-0.1, -0.05) is 34.6 Å². The van der Waals surface area contributed by atoms with E-state index in [2.05, 4.69) is 51.5 Å². The molecule has 2 heterocycles. The molecule has 0 fully saturated rings. The van der Waals surface area contributed by atoms with Crippen molar-refractivity contribution >= 4 is 85.8 Å². The summed E-state index contributed by atoms with van der Waals surface area (Å²) in [4.78, 5) is 24.4. The molecule has 0 saturated heterocycles. The molecule has 258 valence electrons. The van der Waals surface area contributed by atoms with E-state index in [1.807, 2.05) is 29.8 Å². The number of aryl methyl sites for hydroxylation is 4. The molecule has 0 aliphatic rings. The van der Waals surface area contributed by atoms with Crippen molar-refractivity contribution in [1.29, 1.82) is 0 Å². The van der Waals surface area contributed by atoms with Crippen LogP contribution in [0.2, 0.25) is 0 Å². The number of nitrogens with zero attached hydrogens (tertiary/aromatic N) is 6. The number of unbranched alkanes of at least 4 members (excludes halogenated alkanes) is 2. The minimum atomic E-state index is -0.817. The number of benzene rings is 2. The smallest absolute Gasteiger partial charge is 0.303 e. The summed E-state index contributed by atoms with van der Waals surface area (Å²) < 4.78 is 4.15. The van der Waals surface area contributed by atoms with Crippen LogP contribution < -0.4 is 9.80 Å². The van der Waals surface area contributed by atoms with E-state index in [1.54, 1.807) is 0 Å². The number of aromatic nitrogens is 4. The second-order valence-corrected chi connectivity index (χ2v) is 12.1. The third kappa shape index (κ3) is 11.4. The van der Waals surface area contributed by atoms with Gasteiger partial charge in [0.1, 0.15) is 11.6 Å². The third-order valence-electron chi connectivity index (χ3n) is 7.63. The van der Waals surface area contributed by atoms with E-state index < -0.39 is 5.97 Å². The van der Waals surface area contributed by atoms with E-state index in [-0.39, 0.29) is 21.3 Å². The minimum Gasteiger partial charge on any atom is -0.481 e. The average Bonchev–Trinajstić information content (AvgIpc) is 3.50. The summed E-state index contributed by atoms with van der Waals surface area (Å²) in [5.41, 5.74) is 6.26. The van der Waals surface area contributed by atoms with Crippen LogP contribution in [0.3, 0.4) is 0 Å². The zero-order valence-corrected chi connectivity index (χ0v) is 28.9. The number of carbonyl (C=O) groups is 1. The van der Waals surface area contributed by atoms with Crippen LogP contribution >= 0.6 is 46.4 Å². The summed E-state index contributed by atoms with van der Waals surface area (Å²) in [6.07, 6.45) is 5.23. The molecule has 4 rings (SSSR count). The first-order valence-electron chi connectivity index (χ1n) is 15.1. The van der Waals surface area contributed by atoms with Gasteiger partial charge in [-0.15, -0.1) is 46.4 Å². The van der Waals surface area contributed by atoms with Gasteiger partial charge < -0.3 is 24.0 Å². The van der Waals surface area contributed by atoms with E-state index in [0.717, 1.165) is 66.3 Å². The van der Waals surface area contributed by atoms with Crippen molar-refractivity contribution in [2.45, 2.75) is 60.3 Å². The maximum absolute atomic E-state index is 10.7. The van der Waals surface area contributed by atoms with Gasteiger partial charge in [0.2, 0.25) is 0 Å². The Hall–Kier alpha value is -2.39. The van der Waals surface area contributed by atoms with Gasteiger partial charge in [-0.25, -0.2) is 9.97 Å². The number of hydrogen-bond acceptors (Lipinski definition) is 5. The van der Waals surface area contributed by atoms with Crippen molar-refractivity contribution in [1.82, 2.24) is 19.1 Å². The number of alkyl halides is 4. The number of carboxylic acids is 1. The molecule has 0 amide bonds. The number of anilines is 2. The molecule has 0 aliphatic carbocycles. The first-order valence-corrected chi connectivity index (χ1v) is 17.3. The molecule has 0 radical (unpaired) electrons. The number of rotatable bonds is 17. The number of halogens is 4. The summed E-state index contributed by atoms with van der Waals surface area (Å²) in [5, 5.41) is 8.81. The number of hydrogen-bond donors (Lipinski definition) is 1. The Kier molecular flexibility index (Phi) is 19.4. The zero-order chi connectivity index (χ0) is 32.1. The standard InChI is InChI=1S/C17H25Cl2N3.C15H19Cl2N3O2.2CH4/c1-3-4-5-6-17-20-15-13-14(7-8-16(15)21(17)2)22(11-9-18)12-10-19;1-19-13-3-2-11(20(8-6-16)9-7-17)10-12(13)18-14(19)4-5-15(21)22;;/h7-8,13H,3-6,9-12H2,1-2H3;2-3,10H,4-9H2,1H3,(H,21,22);2*1H4. The average molecular weight is 719 g/mol. The summed E-state index contributed by atoms with van der Waals surface area (Å²) in [5.74, 6) is 3.38. The van der Waals surface area contributed by atoms with Crippen LogP contribution in [0.5, 0.6) is 0 Å². The monoisotopic (exact) mass is 716 g/mol. The highest BCUT2D eigenvalue weighted by Crippen LogP contribution is 2.25. The SMILES string of the molecule is C.C.CCCCCc1nc2cc(N(CCCl)CCCl)ccc2n1C.Cn1c(CCC(=O)O)nc2cc(N(CCCl)CCCl)ccc21. The zero-order valence-electron chi connectivity index (χ0n) is 25.9. The molecule has 12 heteroatoms. The van der Waals surface area contributed by atoms with Gasteiger partial charge in [0.15, 0.2) is 0 Å². The second kappa shape index (κ2) is 21.5. The summed E-state index contributed by atoms with van der Waals surface area (Å²) in [6, 6.07) is 12.5. The predicted octanol–water partition coefficient (Wildman–Crippen LogP) is 8.74. The van der Waals surface area contributed by atoms with Crippen LogP contribution in [0.1, 0.15) is 59.1 Å². The number of carboxylic acid groups (broad SMARTS) is 1. The molecule has 2 aromatic heterocycles.